The molecule has 0 saturated carbocycles. The zero-order valence-corrected chi connectivity index (χ0v) is 16.6. The van der Waals surface area contributed by atoms with Gasteiger partial charge in [-0.2, -0.15) is 0 Å². The minimum atomic E-state index is -1.11. The summed E-state index contributed by atoms with van der Waals surface area (Å²) < 4.78 is 0. The molecule has 3 unspecified atom stereocenters. The first kappa shape index (κ1) is 23.8. The number of nitrogens with two attached hydrogens (primary N) is 2. The van der Waals surface area contributed by atoms with E-state index in [1.54, 1.807) is 13.8 Å². The highest BCUT2D eigenvalue weighted by Gasteiger charge is 2.39. The van der Waals surface area contributed by atoms with Crippen LogP contribution in [0.3, 0.4) is 0 Å². The lowest BCUT2D eigenvalue weighted by atomic mass is 10.0. The zero-order valence-electron chi connectivity index (χ0n) is 16.6. The van der Waals surface area contributed by atoms with Crippen molar-refractivity contribution in [1.29, 1.82) is 0 Å². The highest BCUT2D eigenvalue weighted by Crippen LogP contribution is 2.21. The summed E-state index contributed by atoms with van der Waals surface area (Å²) in [6.07, 6.45) is 2.61. The summed E-state index contributed by atoms with van der Waals surface area (Å²) in [6.45, 7) is 4.19. The first-order valence-corrected chi connectivity index (χ1v) is 9.76. The van der Waals surface area contributed by atoms with Gasteiger partial charge in [-0.3, -0.25) is 14.4 Å². The molecule has 160 valence electrons. The second-order valence-corrected chi connectivity index (χ2v) is 7.37. The minimum absolute atomic E-state index is 0.185. The van der Waals surface area contributed by atoms with E-state index in [9.17, 15) is 24.3 Å². The highest BCUT2D eigenvalue weighted by atomic mass is 16.4. The summed E-state index contributed by atoms with van der Waals surface area (Å²) in [4.78, 5) is 50.1. The number of carboxylic acids is 1. The summed E-state index contributed by atoms with van der Waals surface area (Å²) in [7, 11) is 0. The van der Waals surface area contributed by atoms with Crippen molar-refractivity contribution in [1.82, 2.24) is 15.5 Å². The second-order valence-electron chi connectivity index (χ2n) is 7.37. The number of hydrogen-bond donors (Lipinski definition) is 5. The number of hydrogen-bond acceptors (Lipinski definition) is 6. The Balaban J connectivity index is 2.83. The number of carboxylic acid groups (broad SMARTS) is 1. The molecule has 10 heteroatoms. The smallest absolute Gasteiger partial charge is 0.326 e. The summed E-state index contributed by atoms with van der Waals surface area (Å²) >= 11 is 0. The Kier molecular flexibility index (Phi) is 9.88. The van der Waals surface area contributed by atoms with Gasteiger partial charge in [0.25, 0.3) is 0 Å². The molecule has 1 rings (SSSR count). The van der Waals surface area contributed by atoms with Crippen LogP contribution < -0.4 is 22.1 Å². The number of aliphatic carboxylic acids is 1. The van der Waals surface area contributed by atoms with Gasteiger partial charge in [0.2, 0.25) is 17.7 Å². The van der Waals surface area contributed by atoms with Crippen LogP contribution >= 0.6 is 0 Å². The number of rotatable bonds is 11. The van der Waals surface area contributed by atoms with Crippen molar-refractivity contribution in [2.75, 3.05) is 19.6 Å². The summed E-state index contributed by atoms with van der Waals surface area (Å²) in [6, 6.07) is -2.56. The second kappa shape index (κ2) is 11.6. The van der Waals surface area contributed by atoms with Gasteiger partial charge in [-0.25, -0.2) is 4.79 Å². The number of carbonyl (C=O) groups excluding carboxylic acids is 3. The maximum absolute atomic E-state index is 12.9. The molecule has 0 aromatic carbocycles. The lowest BCUT2D eigenvalue weighted by Gasteiger charge is -2.31. The lowest BCUT2D eigenvalue weighted by molar-refractivity contribution is -0.145. The maximum atomic E-state index is 12.9. The van der Waals surface area contributed by atoms with Gasteiger partial charge in [0.05, 0.1) is 6.54 Å². The third kappa shape index (κ3) is 6.75. The van der Waals surface area contributed by atoms with Crippen LogP contribution in [0.2, 0.25) is 0 Å². The number of amides is 3. The van der Waals surface area contributed by atoms with Crippen molar-refractivity contribution in [3.8, 4) is 0 Å². The van der Waals surface area contributed by atoms with E-state index in [1.165, 1.54) is 4.90 Å². The van der Waals surface area contributed by atoms with E-state index >= 15 is 0 Å². The summed E-state index contributed by atoms with van der Waals surface area (Å²) in [5.41, 5.74) is 10.7. The topological polar surface area (TPSA) is 168 Å². The standard InChI is InChI=1S/C18H33N5O5/c1-11(2)15(22-14(24)10-20)17(26)23-9-5-7-13(23)16(25)21-12(18(27)28)6-3-4-8-19/h11-13,15H,3-10,19-20H2,1-2H3,(H,21,25)(H,22,24)(H,27,28). The van der Waals surface area contributed by atoms with Crippen molar-refractivity contribution in [2.24, 2.45) is 17.4 Å². The molecule has 0 aliphatic carbocycles. The molecule has 7 N–H and O–H groups in total. The average Bonchev–Trinajstić information content (AvgIpc) is 3.14. The number of unbranched alkanes of at least 4 members (excludes halogenated alkanes) is 1. The van der Waals surface area contributed by atoms with Crippen molar-refractivity contribution >= 4 is 23.7 Å². The molecule has 0 aromatic rings. The Labute approximate surface area is 165 Å². The fraction of sp³-hybridized carbons (Fsp3) is 0.778. The minimum Gasteiger partial charge on any atom is -0.480 e. The normalized spacial score (nSPS) is 18.6. The van der Waals surface area contributed by atoms with E-state index in [4.69, 9.17) is 11.5 Å². The molecule has 1 aliphatic heterocycles. The molecule has 28 heavy (non-hydrogen) atoms. The largest absolute Gasteiger partial charge is 0.480 e. The average molecular weight is 399 g/mol. The van der Waals surface area contributed by atoms with Gasteiger partial charge >= 0.3 is 5.97 Å². The Hall–Kier alpha value is -2.20. The maximum Gasteiger partial charge on any atom is 0.326 e. The molecular formula is C18H33N5O5. The van der Waals surface area contributed by atoms with Gasteiger partial charge in [0, 0.05) is 6.54 Å². The van der Waals surface area contributed by atoms with Crippen molar-refractivity contribution in [3.05, 3.63) is 0 Å². The number of likely N-dealkylation sites (tertiary alicyclic amines) is 1. The van der Waals surface area contributed by atoms with Gasteiger partial charge in [0.15, 0.2) is 0 Å². The molecule has 10 nitrogen and oxygen atoms in total. The van der Waals surface area contributed by atoms with Crippen molar-refractivity contribution in [2.45, 2.75) is 64.1 Å². The fourth-order valence-electron chi connectivity index (χ4n) is 3.25. The predicted molar refractivity (Wildman–Crippen MR) is 103 cm³/mol. The van der Waals surface area contributed by atoms with E-state index < -0.39 is 35.9 Å². The summed E-state index contributed by atoms with van der Waals surface area (Å²) in [5, 5.41) is 14.5. The van der Waals surface area contributed by atoms with Crippen LogP contribution in [0.5, 0.6) is 0 Å². The molecule has 1 aliphatic rings. The lowest BCUT2D eigenvalue weighted by Crippen LogP contribution is -2.57. The van der Waals surface area contributed by atoms with Gasteiger partial charge in [0.1, 0.15) is 18.1 Å². The first-order chi connectivity index (χ1) is 13.2. The predicted octanol–water partition coefficient (Wildman–Crippen LogP) is -1.22. The molecule has 1 heterocycles. The first-order valence-electron chi connectivity index (χ1n) is 9.76. The molecule has 1 fully saturated rings. The van der Waals surface area contributed by atoms with Crippen LogP contribution in [0.25, 0.3) is 0 Å². The molecular weight excluding hydrogens is 366 g/mol. The number of carbonyl (C=O) groups is 4. The van der Waals surface area contributed by atoms with Gasteiger partial charge in [-0.05, 0) is 44.6 Å². The van der Waals surface area contributed by atoms with E-state index in [-0.39, 0.29) is 24.8 Å². The van der Waals surface area contributed by atoms with E-state index in [0.717, 1.165) is 0 Å². The Morgan fingerprint density at radius 1 is 1.14 bits per heavy atom. The van der Waals surface area contributed by atoms with Crippen LogP contribution in [-0.2, 0) is 19.2 Å². The van der Waals surface area contributed by atoms with Gasteiger partial charge in [-0.15, -0.1) is 0 Å². The molecule has 0 bridgehead atoms. The van der Waals surface area contributed by atoms with Crippen molar-refractivity contribution < 1.29 is 24.3 Å². The summed E-state index contributed by atoms with van der Waals surface area (Å²) in [5.74, 6) is -2.59. The third-order valence-electron chi connectivity index (χ3n) is 4.83. The quantitative estimate of drug-likeness (QED) is 0.271. The third-order valence-corrected chi connectivity index (χ3v) is 4.83. The van der Waals surface area contributed by atoms with Crippen molar-refractivity contribution in [3.63, 3.8) is 0 Å². The highest BCUT2D eigenvalue weighted by molar-refractivity contribution is 5.94. The Bertz CT molecular complexity index is 569. The Morgan fingerprint density at radius 3 is 2.36 bits per heavy atom. The molecule has 0 aromatic heterocycles. The molecule has 3 atom stereocenters. The molecule has 3 amide bonds. The van der Waals surface area contributed by atoms with Crippen LogP contribution in [0.15, 0.2) is 0 Å². The Morgan fingerprint density at radius 2 is 1.82 bits per heavy atom. The van der Waals surface area contributed by atoms with Crippen LogP contribution in [0, 0.1) is 5.92 Å². The molecule has 1 saturated heterocycles. The van der Waals surface area contributed by atoms with E-state index in [2.05, 4.69) is 10.6 Å². The zero-order chi connectivity index (χ0) is 21.3. The van der Waals surface area contributed by atoms with Gasteiger partial charge < -0.3 is 32.1 Å². The van der Waals surface area contributed by atoms with Crippen LogP contribution in [-0.4, -0.2) is 71.5 Å². The van der Waals surface area contributed by atoms with Gasteiger partial charge in [-0.1, -0.05) is 13.8 Å². The SMILES string of the molecule is CC(C)C(NC(=O)CN)C(=O)N1CCCC1C(=O)NC(CCCCN)C(=O)O. The molecule has 0 spiro atoms. The number of nitrogens with zero attached hydrogens (tertiary/aromatic N) is 1. The monoisotopic (exact) mass is 399 g/mol. The molecule has 0 radical (unpaired) electrons. The van der Waals surface area contributed by atoms with Crippen LogP contribution in [0.1, 0.15) is 46.0 Å². The van der Waals surface area contributed by atoms with E-state index in [1.807, 2.05) is 0 Å². The number of nitrogens with one attached hydrogen (secondary N) is 2. The van der Waals surface area contributed by atoms with Crippen LogP contribution in [0.4, 0.5) is 0 Å². The van der Waals surface area contributed by atoms with E-state index in [0.29, 0.717) is 38.8 Å². The fourth-order valence-corrected chi connectivity index (χ4v) is 3.25.